The lowest BCUT2D eigenvalue weighted by Gasteiger charge is -2.20. The first-order chi connectivity index (χ1) is 12.7. The van der Waals surface area contributed by atoms with Crippen LogP contribution in [0.15, 0.2) is 53.4 Å². The number of rotatable bonds is 8. The van der Waals surface area contributed by atoms with Crippen LogP contribution in [0, 0.1) is 5.82 Å². The van der Waals surface area contributed by atoms with Gasteiger partial charge in [0, 0.05) is 19.2 Å². The summed E-state index contributed by atoms with van der Waals surface area (Å²) in [5.74, 6) is -0.988. The minimum absolute atomic E-state index is 0.0592. The predicted octanol–water partition coefficient (Wildman–Crippen LogP) is 2.33. The second-order valence-electron chi connectivity index (χ2n) is 6.36. The highest BCUT2D eigenvalue weighted by Crippen LogP contribution is 2.24. The van der Waals surface area contributed by atoms with E-state index in [1.807, 2.05) is 19.0 Å². The number of carbonyl (C=O) groups is 1. The Balaban J connectivity index is 2.18. The van der Waals surface area contributed by atoms with Crippen molar-refractivity contribution in [3.63, 3.8) is 0 Å². The number of benzene rings is 2. The molecule has 0 aromatic heterocycles. The van der Waals surface area contributed by atoms with Crippen molar-refractivity contribution >= 4 is 21.6 Å². The Hall–Kier alpha value is -2.45. The van der Waals surface area contributed by atoms with Crippen LogP contribution in [0.4, 0.5) is 10.1 Å². The van der Waals surface area contributed by atoms with Gasteiger partial charge in [-0.15, -0.1) is 0 Å². The third-order valence-electron chi connectivity index (χ3n) is 4.01. The number of nitrogens with zero attached hydrogens (tertiary/aromatic N) is 2. The number of nitrogens with one attached hydrogen (secondary N) is 1. The van der Waals surface area contributed by atoms with Gasteiger partial charge < -0.3 is 10.2 Å². The van der Waals surface area contributed by atoms with E-state index >= 15 is 0 Å². The zero-order valence-electron chi connectivity index (χ0n) is 15.6. The Kier molecular flexibility index (Phi) is 6.92. The fourth-order valence-corrected chi connectivity index (χ4v) is 3.74. The Bertz CT molecular complexity index is 901. The van der Waals surface area contributed by atoms with Gasteiger partial charge in [0.05, 0.1) is 10.6 Å². The first-order valence-corrected chi connectivity index (χ1v) is 9.94. The molecule has 6 nitrogen and oxygen atoms in total. The maximum absolute atomic E-state index is 13.9. The second-order valence-corrected chi connectivity index (χ2v) is 8.33. The highest BCUT2D eigenvalue weighted by atomic mass is 32.2. The van der Waals surface area contributed by atoms with Crippen molar-refractivity contribution in [2.45, 2.75) is 11.3 Å². The van der Waals surface area contributed by atoms with Crippen LogP contribution >= 0.6 is 0 Å². The Morgan fingerprint density at radius 1 is 1.07 bits per heavy atom. The fourth-order valence-electron chi connectivity index (χ4n) is 2.49. The van der Waals surface area contributed by atoms with Gasteiger partial charge in [0.15, 0.2) is 0 Å². The van der Waals surface area contributed by atoms with E-state index < -0.39 is 15.8 Å². The molecule has 1 N–H and O–H groups in total. The monoisotopic (exact) mass is 393 g/mol. The zero-order valence-corrected chi connectivity index (χ0v) is 16.5. The van der Waals surface area contributed by atoms with Gasteiger partial charge >= 0.3 is 0 Å². The summed E-state index contributed by atoms with van der Waals surface area (Å²) in [6.07, 6.45) is 0.784. The molecule has 0 spiro atoms. The maximum Gasteiger partial charge on any atom is 0.264 e. The summed E-state index contributed by atoms with van der Waals surface area (Å²) in [5, 5.41) is 2.77. The van der Waals surface area contributed by atoms with Gasteiger partial charge in [0.1, 0.15) is 5.82 Å². The highest BCUT2D eigenvalue weighted by Gasteiger charge is 2.24. The van der Waals surface area contributed by atoms with Crippen molar-refractivity contribution in [2.24, 2.45) is 0 Å². The van der Waals surface area contributed by atoms with Gasteiger partial charge in [-0.3, -0.25) is 9.10 Å². The first-order valence-electron chi connectivity index (χ1n) is 8.50. The molecule has 146 valence electrons. The average Bonchev–Trinajstić information content (AvgIpc) is 2.64. The normalized spacial score (nSPS) is 11.4. The molecule has 27 heavy (non-hydrogen) atoms. The molecular formula is C19H24FN3O3S. The molecule has 2 aromatic rings. The van der Waals surface area contributed by atoms with E-state index in [1.54, 1.807) is 12.1 Å². The summed E-state index contributed by atoms with van der Waals surface area (Å²) >= 11 is 0. The van der Waals surface area contributed by atoms with E-state index in [1.165, 1.54) is 43.4 Å². The molecule has 0 fully saturated rings. The van der Waals surface area contributed by atoms with Crippen molar-refractivity contribution in [2.75, 3.05) is 38.5 Å². The number of hydrogen-bond acceptors (Lipinski definition) is 4. The Morgan fingerprint density at radius 2 is 1.78 bits per heavy atom. The van der Waals surface area contributed by atoms with Crippen molar-refractivity contribution in [1.82, 2.24) is 10.2 Å². The van der Waals surface area contributed by atoms with Crippen LogP contribution < -0.4 is 9.62 Å². The predicted molar refractivity (Wildman–Crippen MR) is 104 cm³/mol. The zero-order chi connectivity index (χ0) is 20.0. The topological polar surface area (TPSA) is 69.7 Å². The smallest absolute Gasteiger partial charge is 0.264 e. The van der Waals surface area contributed by atoms with Gasteiger partial charge in [-0.1, -0.05) is 18.2 Å². The van der Waals surface area contributed by atoms with Crippen LogP contribution in [0.5, 0.6) is 0 Å². The van der Waals surface area contributed by atoms with Gasteiger partial charge in [0.25, 0.3) is 15.9 Å². The average molecular weight is 393 g/mol. The maximum atomic E-state index is 13.9. The number of halogens is 1. The molecule has 0 atom stereocenters. The molecule has 0 unspecified atom stereocenters. The Morgan fingerprint density at radius 3 is 2.44 bits per heavy atom. The lowest BCUT2D eigenvalue weighted by Crippen LogP contribution is -2.29. The standard InChI is InChI=1S/C19H24FN3O3S/c1-22(2)13-7-12-21-19(24)15-8-6-9-16(14-15)27(25,26)23(3)18-11-5-4-10-17(18)20/h4-6,8-11,14H,7,12-13H2,1-3H3,(H,21,24). The number of para-hydroxylation sites is 1. The van der Waals surface area contributed by atoms with E-state index in [9.17, 15) is 17.6 Å². The lowest BCUT2D eigenvalue weighted by molar-refractivity contribution is 0.0952. The molecule has 1 amide bonds. The van der Waals surface area contributed by atoms with Crippen molar-refractivity contribution in [3.8, 4) is 0 Å². The van der Waals surface area contributed by atoms with Crippen LogP contribution in [0.2, 0.25) is 0 Å². The summed E-state index contributed by atoms with van der Waals surface area (Å²) in [6.45, 7) is 1.32. The summed E-state index contributed by atoms with van der Waals surface area (Å²) in [7, 11) is 1.17. The molecule has 0 saturated carbocycles. The molecular weight excluding hydrogens is 369 g/mol. The van der Waals surface area contributed by atoms with Crippen LogP contribution in [-0.4, -0.2) is 53.5 Å². The number of hydrogen-bond donors (Lipinski definition) is 1. The van der Waals surface area contributed by atoms with E-state index in [2.05, 4.69) is 5.32 Å². The summed E-state index contributed by atoms with van der Waals surface area (Å²) in [5.41, 5.74) is 0.180. The van der Waals surface area contributed by atoms with Crippen molar-refractivity contribution in [1.29, 1.82) is 0 Å². The summed E-state index contributed by atoms with van der Waals surface area (Å²) in [6, 6.07) is 11.3. The third-order valence-corrected chi connectivity index (χ3v) is 5.78. The SMILES string of the molecule is CN(C)CCCNC(=O)c1cccc(S(=O)(=O)N(C)c2ccccc2F)c1. The largest absolute Gasteiger partial charge is 0.352 e. The molecule has 2 rings (SSSR count). The van der Waals surface area contributed by atoms with Gasteiger partial charge in [0.2, 0.25) is 0 Å². The molecule has 0 aliphatic rings. The number of sulfonamides is 1. The van der Waals surface area contributed by atoms with Gasteiger partial charge in [-0.25, -0.2) is 12.8 Å². The Labute approximate surface area is 159 Å². The number of anilines is 1. The molecule has 0 aliphatic heterocycles. The summed E-state index contributed by atoms with van der Waals surface area (Å²) in [4.78, 5) is 14.2. The number of carbonyl (C=O) groups excluding carboxylic acids is 1. The van der Waals surface area contributed by atoms with E-state index in [0.717, 1.165) is 17.3 Å². The molecule has 0 radical (unpaired) electrons. The molecule has 0 heterocycles. The van der Waals surface area contributed by atoms with Crippen LogP contribution in [0.1, 0.15) is 16.8 Å². The van der Waals surface area contributed by atoms with E-state index in [4.69, 9.17) is 0 Å². The molecule has 0 aliphatic carbocycles. The number of amides is 1. The van der Waals surface area contributed by atoms with Gasteiger partial charge in [-0.2, -0.15) is 0 Å². The first kappa shape index (κ1) is 20.9. The van der Waals surface area contributed by atoms with Gasteiger partial charge in [-0.05, 0) is 57.4 Å². The third kappa shape index (κ3) is 5.27. The van der Waals surface area contributed by atoms with Crippen molar-refractivity contribution < 1.29 is 17.6 Å². The quantitative estimate of drug-likeness (QED) is 0.699. The van der Waals surface area contributed by atoms with Crippen LogP contribution in [0.25, 0.3) is 0 Å². The minimum atomic E-state index is -4.00. The second kappa shape index (κ2) is 8.96. The molecule has 0 saturated heterocycles. The molecule has 8 heteroatoms. The lowest BCUT2D eigenvalue weighted by atomic mass is 10.2. The fraction of sp³-hybridized carbons (Fsp3) is 0.316. The molecule has 0 bridgehead atoms. The van der Waals surface area contributed by atoms with Crippen LogP contribution in [-0.2, 0) is 10.0 Å². The van der Waals surface area contributed by atoms with Crippen LogP contribution in [0.3, 0.4) is 0 Å². The molecule has 2 aromatic carbocycles. The van der Waals surface area contributed by atoms with E-state index in [-0.39, 0.29) is 22.1 Å². The van der Waals surface area contributed by atoms with E-state index in [0.29, 0.717) is 6.54 Å². The summed E-state index contributed by atoms with van der Waals surface area (Å²) < 4.78 is 40.5. The minimum Gasteiger partial charge on any atom is -0.352 e. The highest BCUT2D eigenvalue weighted by molar-refractivity contribution is 7.92. The van der Waals surface area contributed by atoms with Crippen molar-refractivity contribution in [3.05, 3.63) is 59.9 Å².